The van der Waals surface area contributed by atoms with Crippen LogP contribution in [-0.2, 0) is 99.7 Å². The Morgan fingerprint density at radius 3 is 1.37 bits per heavy atom. The zero-order valence-corrected chi connectivity index (χ0v) is 70.8. The molecule has 0 saturated heterocycles. The molecule has 0 spiro atoms. The Labute approximate surface area is 697 Å². The number of carboxylic acid groups (broad SMARTS) is 1. The van der Waals surface area contributed by atoms with Crippen LogP contribution in [0.5, 0.6) is 23.0 Å². The van der Waals surface area contributed by atoms with E-state index < -0.39 is 125 Å². The first-order valence-corrected chi connectivity index (χ1v) is 42.8. The zero-order valence-electron chi connectivity index (χ0n) is 64.7. The molecule has 2 atom stereocenters. The number of carbonyl (C=O) groups excluding carboxylic acids is 4. The second kappa shape index (κ2) is 43.8. The Bertz CT molecular complexity index is 5400. The first-order valence-electron chi connectivity index (χ1n) is 35.7. The molecule has 5 aromatic carbocycles. The number of para-hydroxylation sites is 4. The monoisotopic (exact) mass is 1740 g/mol. The molecule has 9 rings (SSSR count). The van der Waals surface area contributed by atoms with Gasteiger partial charge in [-0.2, -0.15) is 26.3 Å². The average molecular weight is 1740 g/mol. The van der Waals surface area contributed by atoms with Crippen molar-refractivity contribution >= 4 is 103 Å². The van der Waals surface area contributed by atoms with Crippen molar-refractivity contribution in [1.82, 2.24) is 38.5 Å². The summed E-state index contributed by atoms with van der Waals surface area (Å²) in [5.41, 5.74) is 2.39. The van der Waals surface area contributed by atoms with Crippen molar-refractivity contribution in [3.8, 4) is 23.0 Å². The normalized spacial score (nSPS) is 12.2. The number of alkyl halides is 6. The fourth-order valence-electron chi connectivity index (χ4n) is 11.9. The summed E-state index contributed by atoms with van der Waals surface area (Å²) >= 11 is 0. The first-order chi connectivity index (χ1) is 54.8. The summed E-state index contributed by atoms with van der Waals surface area (Å²) in [6.45, 7) is 5.89. The maximum absolute atomic E-state index is 14.5. The molecule has 117 heavy (non-hydrogen) atoms. The van der Waals surface area contributed by atoms with Gasteiger partial charge in [0.15, 0.2) is 36.3 Å². The number of esters is 1. The van der Waals surface area contributed by atoms with Crippen LogP contribution >= 0.6 is 0 Å². The van der Waals surface area contributed by atoms with E-state index in [1.54, 1.807) is 64.1 Å². The molecule has 4 aromatic heterocycles. The van der Waals surface area contributed by atoms with Crippen LogP contribution < -0.4 is 64.2 Å². The van der Waals surface area contributed by atoms with Crippen molar-refractivity contribution in [2.45, 2.75) is 155 Å². The van der Waals surface area contributed by atoms with E-state index in [9.17, 15) is 94.4 Å². The maximum Gasteiger partial charge on any atom is 1.00 e. The van der Waals surface area contributed by atoms with Gasteiger partial charge in [-0.25, -0.2) is 43.2 Å². The molecule has 0 saturated carbocycles. The number of aliphatic carboxylic acids is 1. The molecule has 628 valence electrons. The van der Waals surface area contributed by atoms with Gasteiger partial charge in [0.25, 0.3) is 37.5 Å². The molecule has 0 aliphatic heterocycles. The molecule has 0 aliphatic carbocycles. The number of nitro groups is 1. The number of aliphatic hydroxyl groups excluding tert-OH is 1. The molecule has 30 nitrogen and oxygen atoms in total. The van der Waals surface area contributed by atoms with E-state index in [0.29, 0.717) is 50.6 Å². The molecular formula is C75H84F6N9NaO21S5. The number of halogens is 6. The van der Waals surface area contributed by atoms with Crippen LogP contribution in [0.3, 0.4) is 0 Å². The van der Waals surface area contributed by atoms with E-state index in [0.717, 1.165) is 27.2 Å². The van der Waals surface area contributed by atoms with E-state index in [1.165, 1.54) is 86.9 Å². The fourth-order valence-corrected chi connectivity index (χ4v) is 19.9. The van der Waals surface area contributed by atoms with Crippen LogP contribution in [0, 0.1) is 37.8 Å². The van der Waals surface area contributed by atoms with Crippen molar-refractivity contribution in [2.75, 3.05) is 59.0 Å². The van der Waals surface area contributed by atoms with Crippen LogP contribution in [0.4, 0.5) is 32.0 Å². The number of ether oxygens (including phenoxy) is 5. The van der Waals surface area contributed by atoms with Crippen LogP contribution in [-0.4, -0.2) is 167 Å². The van der Waals surface area contributed by atoms with E-state index in [4.69, 9.17) is 28.8 Å². The molecule has 0 fully saturated rings. The summed E-state index contributed by atoms with van der Waals surface area (Å²) in [5.74, 6) is -3.59. The number of sulfone groups is 1. The summed E-state index contributed by atoms with van der Waals surface area (Å²) in [5, 5.41) is 33.2. The summed E-state index contributed by atoms with van der Waals surface area (Å²) in [6.07, 6.45) is -3.28. The Kier molecular flexibility index (Phi) is 36.1. The minimum absolute atomic E-state index is 0. The molecule has 42 heteroatoms. The number of imidazole rings is 2. The number of fused-ring (bicyclic) bond motifs is 2. The van der Waals surface area contributed by atoms with Crippen LogP contribution in [0.2, 0.25) is 0 Å². The Morgan fingerprint density at radius 2 is 0.974 bits per heavy atom. The van der Waals surface area contributed by atoms with Crippen molar-refractivity contribution < 1.29 is 148 Å². The molecule has 0 bridgehead atoms. The SMILES string of the molecule is CCc1c(OCC(F)(F)F)ccnc1CS(=O)c1nc2ccccc2n1S(=O)(=O)c1c(C)cc(OCC(=O)NCCCCCC(=O)OCCS(=O)(=O)c2cccc([N+](=O)[O-])c2)cc1C.CCc1c(OCC(F)(F)F)ccnc1CS(=O)c1nc2ccccc2n1S(=O)(=O)c1c(C)cc(OCC(=O)NCCCCCC(=O)[O-])cc1C.CO.[Na+]. The number of aromatic nitrogens is 6. The number of aliphatic hydroxyl groups is 1. The van der Waals surface area contributed by atoms with Crippen molar-refractivity contribution in [2.24, 2.45) is 0 Å². The smallest absolute Gasteiger partial charge is 0.550 e. The van der Waals surface area contributed by atoms with Gasteiger partial charge in [0, 0.05) is 68.2 Å². The predicted molar refractivity (Wildman–Crippen MR) is 410 cm³/mol. The fraction of sp³-hybridized carbons (Fsp3) is 0.387. The Balaban J connectivity index is 0.000000363. The number of nitrogens with zero attached hydrogens (tertiary/aromatic N) is 7. The predicted octanol–water partition coefficient (Wildman–Crippen LogP) is 6.59. The standard InChI is InChI=1S/C41H44F3N5O12S3.C33H37F3N4O8S2.CH4O.Na/c1-4-32-34(45-18-16-36(32)61-26-41(42,43)44)25-62(54)40-47-33-13-7-8-14-35(33)48(40)64(57,58)39-27(2)21-30(22-28(39)3)60-24-37(50)46-17-9-5-6-15-38(51)59-19-20-63(55,56)31-12-10-11-29(23-31)49(52)53;1-4-24-26(37-15-13-28(24)48-20-33(34,35)36)19-49(44)32-39-25-10-7-8-11-27(25)40(32)50(45,46)31-21(2)16-23(17-22(31)3)47-18-29(41)38-14-9-5-6-12-30(42)43;1-2;/h7-8,10-14,16,18,21-23H,4-6,9,15,17,19-20,24-26H2,1-3H3,(H,46,50);7-8,10-11,13,15-17H,4-6,9,12,14,18-20H2,1-3H3,(H,38,41)(H,42,43);2H,1H3;/q;;;+1/p-1. The van der Waals surface area contributed by atoms with E-state index in [-0.39, 0.29) is 195 Å². The largest absolute Gasteiger partial charge is 1.00 e. The molecule has 3 N–H and O–H groups in total. The van der Waals surface area contributed by atoms with Gasteiger partial charge >= 0.3 is 47.9 Å². The molecule has 2 unspecified atom stereocenters. The Morgan fingerprint density at radius 1 is 0.564 bits per heavy atom. The second-order valence-electron chi connectivity index (χ2n) is 25.6. The van der Waals surface area contributed by atoms with Gasteiger partial charge in [0.2, 0.25) is 10.3 Å². The number of pyridine rings is 2. The molecule has 0 aliphatic rings. The van der Waals surface area contributed by atoms with Crippen molar-refractivity contribution in [3.05, 3.63) is 176 Å². The van der Waals surface area contributed by atoms with Gasteiger partial charge in [-0.05, 0) is 162 Å². The number of non-ortho nitro benzene ring substituents is 1. The molecule has 0 radical (unpaired) electrons. The summed E-state index contributed by atoms with van der Waals surface area (Å²) < 4.78 is 216. The van der Waals surface area contributed by atoms with Gasteiger partial charge in [-0.3, -0.25) is 42.9 Å². The maximum atomic E-state index is 14.5. The topological polar surface area (TPSA) is 423 Å². The van der Waals surface area contributed by atoms with E-state index in [2.05, 4.69) is 30.6 Å². The molecule has 2 amide bonds. The number of amides is 2. The number of aryl methyl sites for hydroxylation is 4. The number of nitro benzene ring substituents is 1. The number of carboxylic acids is 1. The van der Waals surface area contributed by atoms with Crippen molar-refractivity contribution in [1.29, 1.82) is 0 Å². The average Bonchev–Trinajstić information content (AvgIpc) is 1.62. The molecule has 9 aromatic rings. The van der Waals surface area contributed by atoms with Crippen molar-refractivity contribution in [3.63, 3.8) is 0 Å². The Hall–Kier alpha value is -9.49. The third kappa shape index (κ3) is 27.0. The number of carbonyl (C=O) groups is 4. The number of hydrogen-bond donors (Lipinski definition) is 3. The minimum Gasteiger partial charge on any atom is -0.550 e. The molecular weight excluding hydrogens is 1660 g/mol. The van der Waals surface area contributed by atoms with Gasteiger partial charge in [0.05, 0.1) is 91.9 Å². The van der Waals surface area contributed by atoms with Gasteiger partial charge < -0.3 is 49.3 Å². The number of benzene rings is 5. The van der Waals surface area contributed by atoms with Crippen LogP contribution in [0.25, 0.3) is 22.1 Å². The first kappa shape index (κ1) is 96.3. The number of unbranched alkanes of at least 4 members (excludes halogenated alkanes) is 4. The third-order valence-electron chi connectivity index (χ3n) is 17.0. The second-order valence-corrected chi connectivity index (χ2v) is 33.9. The quantitative estimate of drug-likeness (QED) is 0.00912. The zero-order chi connectivity index (χ0) is 85.5. The summed E-state index contributed by atoms with van der Waals surface area (Å²) in [4.78, 5) is 74.4. The molecule has 4 heterocycles. The van der Waals surface area contributed by atoms with Crippen LogP contribution in [0.1, 0.15) is 110 Å². The number of nitrogens with one attached hydrogen (secondary N) is 2. The van der Waals surface area contributed by atoms with Gasteiger partial charge in [0.1, 0.15) is 29.6 Å². The van der Waals surface area contributed by atoms with Gasteiger partial charge in [-0.1, -0.05) is 57.0 Å². The minimum atomic E-state index is -4.60. The third-order valence-corrected chi connectivity index (χ3v) is 25.3. The number of rotatable bonds is 39. The number of hydrogen-bond acceptors (Lipinski definition) is 25. The summed E-state index contributed by atoms with van der Waals surface area (Å²) in [6, 6.07) is 25.6. The van der Waals surface area contributed by atoms with Crippen LogP contribution in [0.15, 0.2) is 147 Å². The summed E-state index contributed by atoms with van der Waals surface area (Å²) in [7, 11) is -16.2. The van der Waals surface area contributed by atoms with Gasteiger partial charge in [-0.15, -0.1) is 0 Å². The van der Waals surface area contributed by atoms with E-state index in [1.807, 2.05) is 0 Å². The van der Waals surface area contributed by atoms with E-state index >= 15 is 0 Å².